The van der Waals surface area contributed by atoms with E-state index in [-0.39, 0.29) is 5.03 Å². The highest BCUT2D eigenvalue weighted by Gasteiger charge is 2.17. The van der Waals surface area contributed by atoms with E-state index in [0.29, 0.717) is 22.3 Å². The highest BCUT2D eigenvalue weighted by molar-refractivity contribution is 6.54. The van der Waals surface area contributed by atoms with E-state index in [1.807, 2.05) is 0 Å². The van der Waals surface area contributed by atoms with Crippen LogP contribution in [0.25, 0.3) is 0 Å². The van der Waals surface area contributed by atoms with E-state index in [0.717, 1.165) is 0 Å². The third-order valence-electron chi connectivity index (χ3n) is 2.05. The Morgan fingerprint density at radius 3 is 2.00 bits per heavy atom. The van der Waals surface area contributed by atoms with E-state index in [1.165, 1.54) is 18.2 Å². The molecule has 0 saturated heterocycles. The van der Waals surface area contributed by atoms with Gasteiger partial charge in [0.2, 0.25) is 0 Å². The minimum absolute atomic E-state index is 0.339. The van der Waals surface area contributed by atoms with Crippen LogP contribution in [0.4, 0.5) is 5.69 Å². The molecule has 0 radical (unpaired) electrons. The summed E-state index contributed by atoms with van der Waals surface area (Å²) in [6.07, 6.45) is 0. The molecule has 0 bridgehead atoms. The quantitative estimate of drug-likeness (QED) is 0.808. The van der Waals surface area contributed by atoms with Gasteiger partial charge in [-0.1, -0.05) is 46.4 Å². The lowest BCUT2D eigenvalue weighted by molar-refractivity contribution is -0.117. The molecule has 0 aromatic heterocycles. The Morgan fingerprint density at radius 2 is 1.50 bits per heavy atom. The largest absolute Gasteiger partial charge is 0.352 e. The molecule has 1 aromatic carbocycles. The maximum Gasteiger partial charge on any atom is 0.268 e. The Hall–Kier alpha value is -0.940. The van der Waals surface area contributed by atoms with Crippen molar-refractivity contribution in [2.45, 2.75) is 6.92 Å². The molecule has 0 heterocycles. The molecule has 4 nitrogen and oxygen atoms in total. The van der Waals surface area contributed by atoms with Crippen molar-refractivity contribution >= 4 is 63.9 Å². The van der Waals surface area contributed by atoms with E-state index in [4.69, 9.17) is 46.4 Å². The van der Waals surface area contributed by atoms with Gasteiger partial charge in [0.15, 0.2) is 0 Å². The normalized spacial score (nSPS) is 11.7. The summed E-state index contributed by atoms with van der Waals surface area (Å²) >= 11 is 23.1. The molecule has 0 spiro atoms. The first-order chi connectivity index (χ1) is 9.35. The Morgan fingerprint density at radius 1 is 1.00 bits per heavy atom. The van der Waals surface area contributed by atoms with Crippen LogP contribution in [-0.4, -0.2) is 18.4 Å². The molecule has 0 fully saturated rings. The Kier molecular flexibility index (Phi) is 6.62. The minimum atomic E-state index is -0.735. The topological polar surface area (TPSA) is 58.2 Å². The third-order valence-corrected chi connectivity index (χ3v) is 3.30. The van der Waals surface area contributed by atoms with Crippen LogP contribution in [0.15, 0.2) is 28.3 Å². The van der Waals surface area contributed by atoms with Crippen molar-refractivity contribution in [3.63, 3.8) is 0 Å². The summed E-state index contributed by atoms with van der Waals surface area (Å²) in [5.74, 6) is -1.36. The maximum absolute atomic E-state index is 11.8. The molecule has 0 aliphatic carbocycles. The molecule has 1 aromatic rings. The number of halogens is 4. The summed E-state index contributed by atoms with van der Waals surface area (Å²) in [4.78, 5) is 23.3. The first-order valence-corrected chi connectivity index (χ1v) is 6.97. The summed E-state index contributed by atoms with van der Waals surface area (Å²) in [6, 6.07) is 4.48. The number of hydrogen-bond donors (Lipinski definition) is 2. The summed E-state index contributed by atoms with van der Waals surface area (Å²) in [5.41, 5.74) is 0.339. The molecule has 0 atom stereocenters. The fourth-order valence-corrected chi connectivity index (χ4v) is 2.06. The van der Waals surface area contributed by atoms with Crippen LogP contribution in [0.1, 0.15) is 6.92 Å². The number of anilines is 1. The van der Waals surface area contributed by atoms with Crippen molar-refractivity contribution in [1.29, 1.82) is 0 Å². The summed E-state index contributed by atoms with van der Waals surface area (Å²) in [5, 5.41) is 4.75. The Bertz CT molecular complexity index is 552. The number of amides is 2. The lowest BCUT2D eigenvalue weighted by Crippen LogP contribution is -2.25. The van der Waals surface area contributed by atoms with Crippen molar-refractivity contribution in [1.82, 2.24) is 5.32 Å². The molecule has 2 amide bonds. The smallest absolute Gasteiger partial charge is 0.268 e. The van der Waals surface area contributed by atoms with Crippen molar-refractivity contribution < 1.29 is 9.59 Å². The maximum atomic E-state index is 11.8. The lowest BCUT2D eigenvalue weighted by atomic mass is 10.3. The predicted molar refractivity (Wildman–Crippen MR) is 82.5 cm³/mol. The standard InChI is InChI=1S/C12H10Cl4N2O2/c1-2-17-11(19)9(15)10(16)12(20)18-8-4-6(13)3-7(14)5-8/h3-5H,2H2,1H3,(H,17,19)(H,18,20)/b10-9-. The van der Waals surface area contributed by atoms with Crippen LogP contribution >= 0.6 is 46.4 Å². The number of carbonyl (C=O) groups excluding carboxylic acids is 2. The monoisotopic (exact) mass is 354 g/mol. The lowest BCUT2D eigenvalue weighted by Gasteiger charge is -2.07. The molecular formula is C12H10Cl4N2O2. The number of carbonyl (C=O) groups is 2. The Labute approximate surface area is 136 Å². The number of hydrogen-bond acceptors (Lipinski definition) is 2. The zero-order valence-electron chi connectivity index (χ0n) is 10.3. The third kappa shape index (κ3) is 4.87. The van der Waals surface area contributed by atoms with Gasteiger partial charge in [-0.05, 0) is 25.1 Å². The molecule has 1 rings (SSSR count). The minimum Gasteiger partial charge on any atom is -0.352 e. The van der Waals surface area contributed by atoms with E-state index < -0.39 is 16.8 Å². The van der Waals surface area contributed by atoms with Crippen LogP contribution in [-0.2, 0) is 9.59 Å². The molecular weight excluding hydrogens is 346 g/mol. The van der Waals surface area contributed by atoms with Crippen LogP contribution < -0.4 is 10.6 Å². The van der Waals surface area contributed by atoms with Gasteiger partial charge in [0.1, 0.15) is 10.1 Å². The highest BCUT2D eigenvalue weighted by atomic mass is 35.5. The van der Waals surface area contributed by atoms with E-state index in [2.05, 4.69) is 10.6 Å². The number of rotatable bonds is 4. The number of likely N-dealkylation sites (N-methyl/N-ethyl adjacent to an activating group) is 1. The van der Waals surface area contributed by atoms with Crippen LogP contribution in [0.3, 0.4) is 0 Å². The first-order valence-electron chi connectivity index (χ1n) is 5.46. The fraction of sp³-hybridized carbons (Fsp3) is 0.167. The van der Waals surface area contributed by atoms with Crippen molar-refractivity contribution in [2.75, 3.05) is 11.9 Å². The van der Waals surface area contributed by atoms with Crippen LogP contribution in [0.2, 0.25) is 10.0 Å². The Balaban J connectivity index is 2.90. The predicted octanol–water partition coefficient (Wildman–Crippen LogP) is 3.76. The van der Waals surface area contributed by atoms with Crippen molar-refractivity contribution in [3.05, 3.63) is 38.3 Å². The van der Waals surface area contributed by atoms with Gasteiger partial charge in [-0.15, -0.1) is 0 Å². The summed E-state index contributed by atoms with van der Waals surface area (Å²) in [6.45, 7) is 2.08. The van der Waals surface area contributed by atoms with Gasteiger partial charge >= 0.3 is 0 Å². The average molecular weight is 356 g/mol. The molecule has 0 aliphatic heterocycles. The number of benzene rings is 1. The van der Waals surface area contributed by atoms with Gasteiger partial charge in [0.05, 0.1) is 0 Å². The summed E-state index contributed by atoms with van der Waals surface area (Å²) in [7, 11) is 0. The fourth-order valence-electron chi connectivity index (χ4n) is 1.25. The van der Waals surface area contributed by atoms with E-state index in [1.54, 1.807) is 6.92 Å². The molecule has 8 heteroatoms. The average Bonchev–Trinajstić information content (AvgIpc) is 2.35. The first kappa shape index (κ1) is 17.1. The molecule has 108 valence electrons. The zero-order chi connectivity index (χ0) is 15.3. The second kappa shape index (κ2) is 7.74. The van der Waals surface area contributed by atoms with Crippen LogP contribution in [0.5, 0.6) is 0 Å². The molecule has 0 unspecified atom stereocenters. The van der Waals surface area contributed by atoms with Crippen LogP contribution in [0, 0.1) is 0 Å². The zero-order valence-corrected chi connectivity index (χ0v) is 13.3. The number of nitrogens with one attached hydrogen (secondary N) is 2. The molecule has 2 N–H and O–H groups in total. The van der Waals surface area contributed by atoms with E-state index >= 15 is 0 Å². The van der Waals surface area contributed by atoms with E-state index in [9.17, 15) is 9.59 Å². The van der Waals surface area contributed by atoms with Gasteiger partial charge in [-0.2, -0.15) is 0 Å². The SMILES string of the molecule is CCNC(=O)/C(Cl)=C(/Cl)C(=O)Nc1cc(Cl)cc(Cl)c1. The summed E-state index contributed by atoms with van der Waals surface area (Å²) < 4.78 is 0. The second-order valence-corrected chi connectivity index (χ2v) is 5.23. The molecule has 20 heavy (non-hydrogen) atoms. The molecule has 0 saturated carbocycles. The van der Waals surface area contributed by atoms with Gasteiger partial charge < -0.3 is 10.6 Å². The highest BCUT2D eigenvalue weighted by Crippen LogP contribution is 2.24. The van der Waals surface area contributed by atoms with Crippen molar-refractivity contribution in [2.24, 2.45) is 0 Å². The van der Waals surface area contributed by atoms with Crippen molar-refractivity contribution in [3.8, 4) is 0 Å². The van der Waals surface area contributed by atoms with Gasteiger partial charge in [0.25, 0.3) is 11.8 Å². The van der Waals surface area contributed by atoms with Gasteiger partial charge in [-0.25, -0.2) is 0 Å². The molecule has 0 aliphatic rings. The van der Waals surface area contributed by atoms with Gasteiger partial charge in [0, 0.05) is 22.3 Å². The van der Waals surface area contributed by atoms with Gasteiger partial charge in [-0.3, -0.25) is 9.59 Å². The second-order valence-electron chi connectivity index (χ2n) is 3.60.